The molecule has 62 valence electrons. The van der Waals surface area contributed by atoms with Crippen molar-refractivity contribution in [2.45, 2.75) is 26.3 Å². The second-order valence-corrected chi connectivity index (χ2v) is 2.82. The lowest BCUT2D eigenvalue weighted by Gasteiger charge is -2.06. The van der Waals surface area contributed by atoms with Crippen molar-refractivity contribution in [3.63, 3.8) is 0 Å². The zero-order valence-electron chi connectivity index (χ0n) is 7.33. The number of aromatic nitrogens is 2. The summed E-state index contributed by atoms with van der Waals surface area (Å²) in [6.45, 7) is 4.12. The Morgan fingerprint density at radius 3 is 2.73 bits per heavy atom. The molecule has 3 heteroatoms. The van der Waals surface area contributed by atoms with E-state index in [-0.39, 0.29) is 6.04 Å². The Morgan fingerprint density at radius 1 is 1.73 bits per heavy atom. The van der Waals surface area contributed by atoms with E-state index in [1.165, 1.54) is 5.69 Å². The first-order valence-corrected chi connectivity index (χ1v) is 3.91. The second kappa shape index (κ2) is 3.05. The maximum absolute atomic E-state index is 5.86. The molecular formula is C8H15N3. The van der Waals surface area contributed by atoms with Crippen LogP contribution in [-0.4, -0.2) is 9.78 Å². The lowest BCUT2D eigenvalue weighted by Crippen LogP contribution is -2.09. The molecule has 0 aliphatic heterocycles. The maximum Gasteiger partial charge on any atom is 0.0540 e. The zero-order valence-corrected chi connectivity index (χ0v) is 7.33. The van der Waals surface area contributed by atoms with Gasteiger partial charge in [-0.2, -0.15) is 5.10 Å². The monoisotopic (exact) mass is 153 g/mol. The molecule has 1 aromatic heterocycles. The van der Waals surface area contributed by atoms with Crippen LogP contribution < -0.4 is 5.73 Å². The van der Waals surface area contributed by atoms with E-state index in [4.69, 9.17) is 5.73 Å². The quantitative estimate of drug-likeness (QED) is 0.692. The summed E-state index contributed by atoms with van der Waals surface area (Å²) < 4.78 is 1.85. The van der Waals surface area contributed by atoms with Crippen molar-refractivity contribution in [3.8, 4) is 0 Å². The third kappa shape index (κ3) is 1.43. The van der Waals surface area contributed by atoms with Crippen LogP contribution in [0.1, 0.15) is 30.6 Å². The summed E-state index contributed by atoms with van der Waals surface area (Å²) in [6, 6.07) is 0.142. The van der Waals surface area contributed by atoms with Gasteiger partial charge in [-0.25, -0.2) is 0 Å². The van der Waals surface area contributed by atoms with Gasteiger partial charge in [0.2, 0.25) is 0 Å². The molecule has 11 heavy (non-hydrogen) atoms. The van der Waals surface area contributed by atoms with Crippen LogP contribution in [0.5, 0.6) is 0 Å². The van der Waals surface area contributed by atoms with Gasteiger partial charge in [0.15, 0.2) is 0 Å². The molecule has 1 heterocycles. The van der Waals surface area contributed by atoms with Crippen molar-refractivity contribution in [3.05, 3.63) is 17.5 Å². The van der Waals surface area contributed by atoms with Gasteiger partial charge in [0.25, 0.3) is 0 Å². The SMILES string of the molecule is CCC(N)c1cnn(C)c1C. The van der Waals surface area contributed by atoms with Crippen molar-refractivity contribution in [2.75, 3.05) is 0 Å². The highest BCUT2D eigenvalue weighted by atomic mass is 15.3. The number of hydrogen-bond acceptors (Lipinski definition) is 2. The van der Waals surface area contributed by atoms with Crippen LogP contribution in [0.3, 0.4) is 0 Å². The van der Waals surface area contributed by atoms with E-state index in [1.807, 2.05) is 24.9 Å². The summed E-state index contributed by atoms with van der Waals surface area (Å²) in [7, 11) is 1.93. The molecule has 3 nitrogen and oxygen atoms in total. The third-order valence-corrected chi connectivity index (χ3v) is 2.11. The Labute approximate surface area is 67.2 Å². The standard InChI is InChI=1S/C8H15N3/c1-4-8(9)7-5-10-11(3)6(7)2/h5,8H,4,9H2,1-3H3. The highest BCUT2D eigenvalue weighted by Gasteiger charge is 2.09. The van der Waals surface area contributed by atoms with Crippen LogP contribution >= 0.6 is 0 Å². The fourth-order valence-electron chi connectivity index (χ4n) is 1.10. The van der Waals surface area contributed by atoms with E-state index >= 15 is 0 Å². The van der Waals surface area contributed by atoms with Crippen molar-refractivity contribution in [2.24, 2.45) is 12.8 Å². The first-order valence-electron chi connectivity index (χ1n) is 3.91. The van der Waals surface area contributed by atoms with Crippen molar-refractivity contribution in [1.29, 1.82) is 0 Å². The molecule has 2 N–H and O–H groups in total. The fourth-order valence-corrected chi connectivity index (χ4v) is 1.10. The van der Waals surface area contributed by atoms with Crippen LogP contribution in [0.15, 0.2) is 6.20 Å². The predicted octanol–water partition coefficient (Wildman–Crippen LogP) is 1.14. The minimum absolute atomic E-state index is 0.142. The molecule has 0 aliphatic rings. The molecule has 1 aromatic rings. The molecule has 1 unspecified atom stereocenters. The smallest absolute Gasteiger partial charge is 0.0540 e. The van der Waals surface area contributed by atoms with E-state index in [2.05, 4.69) is 12.0 Å². The van der Waals surface area contributed by atoms with Crippen LogP contribution in [-0.2, 0) is 7.05 Å². The van der Waals surface area contributed by atoms with Gasteiger partial charge in [-0.1, -0.05) is 6.92 Å². The van der Waals surface area contributed by atoms with Crippen molar-refractivity contribution in [1.82, 2.24) is 9.78 Å². The topological polar surface area (TPSA) is 43.8 Å². The van der Waals surface area contributed by atoms with Gasteiger partial charge in [0.05, 0.1) is 6.20 Å². The van der Waals surface area contributed by atoms with Crippen LogP contribution in [0.25, 0.3) is 0 Å². The first-order chi connectivity index (χ1) is 5.16. The molecule has 1 atom stereocenters. The van der Waals surface area contributed by atoms with Gasteiger partial charge < -0.3 is 5.73 Å². The summed E-state index contributed by atoms with van der Waals surface area (Å²) in [5.41, 5.74) is 8.18. The number of hydrogen-bond donors (Lipinski definition) is 1. The maximum atomic E-state index is 5.86. The van der Waals surface area contributed by atoms with E-state index < -0.39 is 0 Å². The van der Waals surface area contributed by atoms with E-state index in [0.717, 1.165) is 12.0 Å². The van der Waals surface area contributed by atoms with Crippen molar-refractivity contribution < 1.29 is 0 Å². The molecule has 0 aromatic carbocycles. The van der Waals surface area contributed by atoms with Crippen LogP contribution in [0.4, 0.5) is 0 Å². The highest BCUT2D eigenvalue weighted by molar-refractivity contribution is 5.19. The Morgan fingerprint density at radius 2 is 2.36 bits per heavy atom. The number of rotatable bonds is 2. The predicted molar refractivity (Wildman–Crippen MR) is 45.2 cm³/mol. The minimum Gasteiger partial charge on any atom is -0.324 e. The summed E-state index contributed by atoms with van der Waals surface area (Å²) in [5.74, 6) is 0. The Bertz CT molecular complexity index is 239. The minimum atomic E-state index is 0.142. The molecule has 0 bridgehead atoms. The molecule has 0 amide bonds. The number of aryl methyl sites for hydroxylation is 1. The second-order valence-electron chi connectivity index (χ2n) is 2.82. The van der Waals surface area contributed by atoms with Gasteiger partial charge in [-0.3, -0.25) is 4.68 Å². The molecular weight excluding hydrogens is 138 g/mol. The van der Waals surface area contributed by atoms with Crippen molar-refractivity contribution >= 4 is 0 Å². The van der Waals surface area contributed by atoms with Gasteiger partial charge in [-0.15, -0.1) is 0 Å². The zero-order chi connectivity index (χ0) is 8.43. The fraction of sp³-hybridized carbons (Fsp3) is 0.625. The lowest BCUT2D eigenvalue weighted by atomic mass is 10.1. The lowest BCUT2D eigenvalue weighted by molar-refractivity contribution is 0.684. The van der Waals surface area contributed by atoms with Crippen LogP contribution in [0, 0.1) is 6.92 Å². The summed E-state index contributed by atoms with van der Waals surface area (Å²) in [6.07, 6.45) is 2.82. The highest BCUT2D eigenvalue weighted by Crippen LogP contribution is 2.16. The molecule has 0 spiro atoms. The van der Waals surface area contributed by atoms with Gasteiger partial charge in [0, 0.05) is 24.3 Å². The van der Waals surface area contributed by atoms with Crippen LogP contribution in [0.2, 0.25) is 0 Å². The van der Waals surface area contributed by atoms with E-state index in [0.29, 0.717) is 0 Å². The Hall–Kier alpha value is -0.830. The largest absolute Gasteiger partial charge is 0.324 e. The third-order valence-electron chi connectivity index (χ3n) is 2.11. The molecule has 0 radical (unpaired) electrons. The molecule has 0 saturated heterocycles. The summed E-state index contributed by atoms with van der Waals surface area (Å²) in [4.78, 5) is 0. The average Bonchev–Trinajstić information content (AvgIpc) is 2.32. The Balaban J connectivity index is 2.94. The molecule has 0 aliphatic carbocycles. The summed E-state index contributed by atoms with van der Waals surface area (Å²) in [5, 5.41) is 4.12. The number of nitrogens with two attached hydrogens (primary N) is 1. The van der Waals surface area contributed by atoms with E-state index in [9.17, 15) is 0 Å². The van der Waals surface area contributed by atoms with Gasteiger partial charge in [-0.05, 0) is 13.3 Å². The van der Waals surface area contributed by atoms with E-state index in [1.54, 1.807) is 0 Å². The first kappa shape index (κ1) is 8.27. The van der Waals surface area contributed by atoms with Gasteiger partial charge in [0.1, 0.15) is 0 Å². The Kier molecular flexibility index (Phi) is 2.29. The average molecular weight is 153 g/mol. The number of nitrogens with zero attached hydrogens (tertiary/aromatic N) is 2. The normalized spacial score (nSPS) is 13.5. The molecule has 0 saturated carbocycles. The van der Waals surface area contributed by atoms with Gasteiger partial charge >= 0.3 is 0 Å². The summed E-state index contributed by atoms with van der Waals surface area (Å²) >= 11 is 0. The molecule has 1 rings (SSSR count). The molecule has 0 fully saturated rings.